The van der Waals surface area contributed by atoms with Crippen LogP contribution in [0.15, 0.2) is 0 Å². The number of carbonyl (C=O) groups is 1. The number of alkyl halides is 1. The predicted molar refractivity (Wildman–Crippen MR) is 73.3 cm³/mol. The fourth-order valence-corrected chi connectivity index (χ4v) is 3.05. The van der Waals surface area contributed by atoms with E-state index in [2.05, 4.69) is 35.1 Å². The Labute approximate surface area is 113 Å². The molecule has 0 saturated heterocycles. The number of hydrogen-bond acceptors (Lipinski definition) is 2. The van der Waals surface area contributed by atoms with E-state index in [-0.39, 0.29) is 17.2 Å². The summed E-state index contributed by atoms with van der Waals surface area (Å²) in [4.78, 5) is 12.4. The molecule has 3 nitrogen and oxygen atoms in total. The lowest BCUT2D eigenvalue weighted by Crippen LogP contribution is -2.37. The Bertz CT molecular complexity index is 256. The second-order valence-corrected chi connectivity index (χ2v) is 6.86. The molecule has 17 heavy (non-hydrogen) atoms. The van der Waals surface area contributed by atoms with Gasteiger partial charge in [0, 0.05) is 24.4 Å². The standard InChI is InChI=1S/C13H24BrNO2/c1-13(2)7-4-5-11(13)12(16)15-8-6-10(14)9-17-3/h10-11H,4-9H2,1-3H3,(H,15,16). The van der Waals surface area contributed by atoms with Crippen molar-refractivity contribution >= 4 is 21.8 Å². The third-order valence-corrected chi connectivity index (χ3v) is 4.40. The highest BCUT2D eigenvalue weighted by molar-refractivity contribution is 9.09. The second-order valence-electron chi connectivity index (χ2n) is 5.57. The van der Waals surface area contributed by atoms with Gasteiger partial charge in [-0.05, 0) is 24.7 Å². The molecule has 1 amide bonds. The molecule has 1 aliphatic rings. The van der Waals surface area contributed by atoms with Crippen LogP contribution in [-0.2, 0) is 9.53 Å². The molecule has 0 spiro atoms. The molecule has 100 valence electrons. The minimum atomic E-state index is 0.171. The van der Waals surface area contributed by atoms with Gasteiger partial charge in [-0.15, -0.1) is 0 Å². The highest BCUT2D eigenvalue weighted by atomic mass is 79.9. The Morgan fingerprint density at radius 1 is 1.59 bits per heavy atom. The van der Waals surface area contributed by atoms with Crippen molar-refractivity contribution in [1.29, 1.82) is 0 Å². The highest BCUT2D eigenvalue weighted by Gasteiger charge is 2.38. The molecule has 1 N–H and O–H groups in total. The molecule has 1 saturated carbocycles. The minimum absolute atomic E-state index is 0.171. The molecule has 4 heteroatoms. The van der Waals surface area contributed by atoms with E-state index in [1.807, 2.05) is 0 Å². The van der Waals surface area contributed by atoms with Crippen LogP contribution in [0.25, 0.3) is 0 Å². The van der Waals surface area contributed by atoms with Gasteiger partial charge in [-0.2, -0.15) is 0 Å². The Balaban J connectivity index is 2.26. The first kappa shape index (κ1) is 15.0. The Morgan fingerprint density at radius 2 is 2.29 bits per heavy atom. The zero-order chi connectivity index (χ0) is 12.9. The number of rotatable bonds is 6. The predicted octanol–water partition coefficient (Wildman–Crippen LogP) is 2.73. The third-order valence-electron chi connectivity index (χ3n) is 3.68. The van der Waals surface area contributed by atoms with Gasteiger partial charge in [-0.25, -0.2) is 0 Å². The maximum atomic E-state index is 12.0. The molecular weight excluding hydrogens is 282 g/mol. The van der Waals surface area contributed by atoms with E-state index >= 15 is 0 Å². The summed E-state index contributed by atoms with van der Waals surface area (Å²) >= 11 is 3.52. The first-order chi connectivity index (χ1) is 7.97. The van der Waals surface area contributed by atoms with Crippen LogP contribution in [0.4, 0.5) is 0 Å². The van der Waals surface area contributed by atoms with Crippen LogP contribution in [0.3, 0.4) is 0 Å². The molecule has 0 radical (unpaired) electrons. The molecule has 0 aromatic carbocycles. The van der Waals surface area contributed by atoms with Crippen LogP contribution >= 0.6 is 15.9 Å². The Kier molecular flexibility index (Phi) is 5.93. The molecule has 1 fully saturated rings. The van der Waals surface area contributed by atoms with Gasteiger partial charge in [-0.3, -0.25) is 4.79 Å². The van der Waals surface area contributed by atoms with Gasteiger partial charge in [0.25, 0.3) is 0 Å². The van der Waals surface area contributed by atoms with Crippen LogP contribution in [0, 0.1) is 11.3 Å². The lowest BCUT2D eigenvalue weighted by Gasteiger charge is -2.26. The van der Waals surface area contributed by atoms with E-state index in [0.717, 1.165) is 25.8 Å². The number of amides is 1. The summed E-state index contributed by atoms with van der Waals surface area (Å²) in [6.45, 7) is 5.81. The first-order valence-electron chi connectivity index (χ1n) is 6.38. The number of methoxy groups -OCH3 is 1. The number of ether oxygens (including phenoxy) is 1. The highest BCUT2D eigenvalue weighted by Crippen LogP contribution is 2.42. The fraction of sp³-hybridized carbons (Fsp3) is 0.923. The molecule has 0 aromatic heterocycles. The minimum Gasteiger partial charge on any atom is -0.384 e. The first-order valence-corrected chi connectivity index (χ1v) is 7.29. The van der Waals surface area contributed by atoms with E-state index in [1.54, 1.807) is 7.11 Å². The maximum absolute atomic E-state index is 12.0. The van der Waals surface area contributed by atoms with Crippen LogP contribution in [0.2, 0.25) is 0 Å². The van der Waals surface area contributed by atoms with Crippen molar-refractivity contribution in [3.05, 3.63) is 0 Å². The summed E-state index contributed by atoms with van der Waals surface area (Å²) in [5, 5.41) is 3.05. The van der Waals surface area contributed by atoms with Crippen molar-refractivity contribution in [3.8, 4) is 0 Å². The van der Waals surface area contributed by atoms with Gasteiger partial charge >= 0.3 is 0 Å². The number of carbonyl (C=O) groups excluding carboxylic acids is 1. The number of hydrogen-bond donors (Lipinski definition) is 1. The van der Waals surface area contributed by atoms with Crippen molar-refractivity contribution < 1.29 is 9.53 Å². The molecule has 0 bridgehead atoms. The lowest BCUT2D eigenvalue weighted by molar-refractivity contribution is -0.127. The molecule has 0 aromatic rings. The van der Waals surface area contributed by atoms with Crippen molar-refractivity contribution in [1.82, 2.24) is 5.32 Å². The summed E-state index contributed by atoms with van der Waals surface area (Å²) in [6, 6.07) is 0. The topological polar surface area (TPSA) is 38.3 Å². The van der Waals surface area contributed by atoms with Gasteiger partial charge in [-0.1, -0.05) is 36.2 Å². The van der Waals surface area contributed by atoms with Crippen LogP contribution in [-0.4, -0.2) is 31.0 Å². The second kappa shape index (κ2) is 6.74. The van der Waals surface area contributed by atoms with E-state index < -0.39 is 0 Å². The van der Waals surface area contributed by atoms with Crippen molar-refractivity contribution in [3.63, 3.8) is 0 Å². The summed E-state index contributed by atoms with van der Waals surface area (Å²) in [5.41, 5.74) is 0.171. The Morgan fingerprint density at radius 3 is 2.82 bits per heavy atom. The average Bonchev–Trinajstić information content (AvgIpc) is 2.58. The molecule has 0 heterocycles. The van der Waals surface area contributed by atoms with E-state index in [1.165, 1.54) is 6.42 Å². The van der Waals surface area contributed by atoms with Crippen molar-refractivity contribution in [2.24, 2.45) is 11.3 Å². The lowest BCUT2D eigenvalue weighted by atomic mass is 9.81. The zero-order valence-corrected chi connectivity index (χ0v) is 12.7. The van der Waals surface area contributed by atoms with Crippen molar-refractivity contribution in [2.45, 2.75) is 44.4 Å². The van der Waals surface area contributed by atoms with Gasteiger partial charge in [0.15, 0.2) is 0 Å². The largest absolute Gasteiger partial charge is 0.384 e. The normalized spacial score (nSPS) is 24.6. The quantitative estimate of drug-likeness (QED) is 0.766. The molecule has 2 unspecified atom stereocenters. The molecule has 1 rings (SSSR count). The van der Waals surface area contributed by atoms with Crippen LogP contribution in [0.5, 0.6) is 0 Å². The van der Waals surface area contributed by atoms with Gasteiger partial charge < -0.3 is 10.1 Å². The number of nitrogens with one attached hydrogen (secondary N) is 1. The Hall–Kier alpha value is -0.0900. The molecular formula is C13H24BrNO2. The molecule has 0 aliphatic heterocycles. The van der Waals surface area contributed by atoms with E-state index in [4.69, 9.17) is 4.74 Å². The van der Waals surface area contributed by atoms with Crippen LogP contribution < -0.4 is 5.32 Å². The van der Waals surface area contributed by atoms with Crippen molar-refractivity contribution in [2.75, 3.05) is 20.3 Å². The van der Waals surface area contributed by atoms with Gasteiger partial charge in [0.1, 0.15) is 0 Å². The maximum Gasteiger partial charge on any atom is 0.223 e. The third kappa shape index (κ3) is 4.59. The van der Waals surface area contributed by atoms with Crippen LogP contribution in [0.1, 0.15) is 39.5 Å². The molecule has 2 atom stereocenters. The monoisotopic (exact) mass is 305 g/mol. The summed E-state index contributed by atoms with van der Waals surface area (Å²) in [5.74, 6) is 0.420. The van der Waals surface area contributed by atoms with Gasteiger partial charge in [0.2, 0.25) is 5.91 Å². The fourth-order valence-electron chi connectivity index (χ4n) is 2.55. The zero-order valence-electron chi connectivity index (χ0n) is 11.1. The van der Waals surface area contributed by atoms with Gasteiger partial charge in [0.05, 0.1) is 6.61 Å². The summed E-state index contributed by atoms with van der Waals surface area (Å²) < 4.78 is 5.03. The summed E-state index contributed by atoms with van der Waals surface area (Å²) in [6.07, 6.45) is 4.28. The number of halogens is 1. The smallest absolute Gasteiger partial charge is 0.223 e. The SMILES string of the molecule is COCC(Br)CCNC(=O)C1CCCC1(C)C. The van der Waals surface area contributed by atoms with E-state index in [0.29, 0.717) is 11.4 Å². The van der Waals surface area contributed by atoms with E-state index in [9.17, 15) is 4.79 Å². The summed E-state index contributed by atoms with van der Waals surface area (Å²) in [7, 11) is 1.69. The average molecular weight is 306 g/mol. The molecule has 1 aliphatic carbocycles.